The van der Waals surface area contributed by atoms with Crippen molar-refractivity contribution in [3.8, 4) is 0 Å². The highest BCUT2D eigenvalue weighted by atomic mass is 15.3. The maximum absolute atomic E-state index is 6.08. The van der Waals surface area contributed by atoms with Crippen molar-refractivity contribution in [3.63, 3.8) is 0 Å². The van der Waals surface area contributed by atoms with E-state index in [9.17, 15) is 0 Å². The lowest BCUT2D eigenvalue weighted by atomic mass is 10.1. The first-order valence-electron chi connectivity index (χ1n) is 6.63. The van der Waals surface area contributed by atoms with Crippen LogP contribution in [0.3, 0.4) is 0 Å². The maximum atomic E-state index is 6.08. The first-order chi connectivity index (χ1) is 7.56. The Hall–Kier alpha value is -0.730. The third-order valence-electron chi connectivity index (χ3n) is 2.74. The van der Waals surface area contributed by atoms with Crippen LogP contribution in [0.1, 0.15) is 53.9 Å². The van der Waals surface area contributed by atoms with Gasteiger partial charge in [-0.2, -0.15) is 0 Å². The lowest BCUT2D eigenvalue weighted by Gasteiger charge is -2.33. The SMILES string of the molecule is CCCN=C(N)N(CC(C)C)C(CC)CC. The lowest BCUT2D eigenvalue weighted by Crippen LogP contribution is -2.46. The molecule has 0 radical (unpaired) electrons. The van der Waals surface area contributed by atoms with Crippen LogP contribution >= 0.6 is 0 Å². The monoisotopic (exact) mass is 227 g/mol. The molecule has 0 heterocycles. The van der Waals surface area contributed by atoms with E-state index in [2.05, 4.69) is 44.5 Å². The summed E-state index contributed by atoms with van der Waals surface area (Å²) in [6.45, 7) is 12.8. The Morgan fingerprint density at radius 1 is 1.19 bits per heavy atom. The van der Waals surface area contributed by atoms with Gasteiger partial charge in [0, 0.05) is 19.1 Å². The standard InChI is InChI=1S/C13H29N3/c1-6-9-15-13(14)16(10-11(4)5)12(7-2)8-3/h11-12H,6-10H2,1-5H3,(H2,14,15). The molecule has 0 saturated heterocycles. The molecule has 0 aromatic rings. The maximum Gasteiger partial charge on any atom is 0.191 e. The first kappa shape index (κ1) is 15.3. The van der Waals surface area contributed by atoms with Crippen molar-refractivity contribution in [2.75, 3.05) is 13.1 Å². The average molecular weight is 227 g/mol. The Morgan fingerprint density at radius 3 is 2.12 bits per heavy atom. The highest BCUT2D eigenvalue weighted by Gasteiger charge is 2.17. The summed E-state index contributed by atoms with van der Waals surface area (Å²) in [6.07, 6.45) is 3.32. The molecule has 0 bridgehead atoms. The fourth-order valence-corrected chi connectivity index (χ4v) is 1.87. The predicted octanol–water partition coefficient (Wildman–Crippen LogP) is 2.86. The zero-order valence-electron chi connectivity index (χ0n) is 11.7. The first-order valence-corrected chi connectivity index (χ1v) is 6.63. The van der Waals surface area contributed by atoms with E-state index >= 15 is 0 Å². The van der Waals surface area contributed by atoms with E-state index in [0.29, 0.717) is 12.0 Å². The van der Waals surface area contributed by atoms with Crippen LogP contribution in [0.4, 0.5) is 0 Å². The summed E-state index contributed by atoms with van der Waals surface area (Å²) in [6, 6.07) is 0.531. The molecule has 16 heavy (non-hydrogen) atoms. The molecule has 3 heteroatoms. The second-order valence-electron chi connectivity index (χ2n) is 4.76. The highest BCUT2D eigenvalue weighted by molar-refractivity contribution is 5.78. The second kappa shape index (κ2) is 8.43. The molecule has 2 N–H and O–H groups in total. The molecular weight excluding hydrogens is 198 g/mol. The van der Waals surface area contributed by atoms with E-state index in [1.807, 2.05) is 0 Å². The number of nitrogens with two attached hydrogens (primary N) is 1. The van der Waals surface area contributed by atoms with E-state index in [-0.39, 0.29) is 0 Å². The predicted molar refractivity (Wildman–Crippen MR) is 72.7 cm³/mol. The van der Waals surface area contributed by atoms with Gasteiger partial charge in [0.15, 0.2) is 5.96 Å². The van der Waals surface area contributed by atoms with Crippen LogP contribution in [-0.2, 0) is 0 Å². The van der Waals surface area contributed by atoms with E-state index < -0.39 is 0 Å². The smallest absolute Gasteiger partial charge is 0.191 e. The third kappa shape index (κ3) is 5.38. The molecule has 0 unspecified atom stereocenters. The van der Waals surface area contributed by atoms with E-state index in [0.717, 1.165) is 38.3 Å². The van der Waals surface area contributed by atoms with Crippen molar-refractivity contribution in [1.82, 2.24) is 4.90 Å². The van der Waals surface area contributed by atoms with E-state index in [1.165, 1.54) is 0 Å². The van der Waals surface area contributed by atoms with Gasteiger partial charge in [-0.05, 0) is 25.2 Å². The van der Waals surface area contributed by atoms with Gasteiger partial charge in [0.1, 0.15) is 0 Å². The Bertz CT molecular complexity index is 195. The molecule has 0 fully saturated rings. The minimum absolute atomic E-state index is 0.531. The minimum atomic E-state index is 0.531. The van der Waals surface area contributed by atoms with Crippen molar-refractivity contribution < 1.29 is 0 Å². The van der Waals surface area contributed by atoms with Gasteiger partial charge in [-0.15, -0.1) is 0 Å². The van der Waals surface area contributed by atoms with Crippen LogP contribution in [0, 0.1) is 5.92 Å². The zero-order valence-corrected chi connectivity index (χ0v) is 11.7. The van der Waals surface area contributed by atoms with Crippen molar-refractivity contribution in [2.45, 2.75) is 59.9 Å². The molecule has 0 saturated carbocycles. The third-order valence-corrected chi connectivity index (χ3v) is 2.74. The Morgan fingerprint density at radius 2 is 1.75 bits per heavy atom. The summed E-state index contributed by atoms with van der Waals surface area (Å²) >= 11 is 0. The molecule has 96 valence electrons. The number of guanidine groups is 1. The quantitative estimate of drug-likeness (QED) is 0.537. The van der Waals surface area contributed by atoms with Gasteiger partial charge in [-0.25, -0.2) is 0 Å². The topological polar surface area (TPSA) is 41.6 Å². The molecule has 0 aliphatic heterocycles. The summed E-state index contributed by atoms with van der Waals surface area (Å²) < 4.78 is 0. The van der Waals surface area contributed by atoms with Crippen LogP contribution in [0.15, 0.2) is 4.99 Å². The summed E-state index contributed by atoms with van der Waals surface area (Å²) in [5, 5.41) is 0. The van der Waals surface area contributed by atoms with Gasteiger partial charge < -0.3 is 10.6 Å². The van der Waals surface area contributed by atoms with Crippen LogP contribution in [-0.4, -0.2) is 30.0 Å². The van der Waals surface area contributed by atoms with Crippen molar-refractivity contribution >= 4 is 5.96 Å². The summed E-state index contributed by atoms with van der Waals surface area (Å²) in [7, 11) is 0. The minimum Gasteiger partial charge on any atom is -0.370 e. The molecule has 3 nitrogen and oxygen atoms in total. The van der Waals surface area contributed by atoms with Gasteiger partial charge in [-0.3, -0.25) is 4.99 Å². The van der Waals surface area contributed by atoms with Gasteiger partial charge in [0.05, 0.1) is 0 Å². The van der Waals surface area contributed by atoms with Gasteiger partial charge in [0.25, 0.3) is 0 Å². The van der Waals surface area contributed by atoms with Crippen LogP contribution < -0.4 is 5.73 Å². The van der Waals surface area contributed by atoms with Crippen molar-refractivity contribution in [1.29, 1.82) is 0 Å². The Kier molecular flexibility index (Phi) is 8.04. The molecule has 0 aliphatic carbocycles. The highest BCUT2D eigenvalue weighted by Crippen LogP contribution is 2.11. The van der Waals surface area contributed by atoms with Crippen molar-refractivity contribution in [2.24, 2.45) is 16.6 Å². The molecule has 0 aromatic heterocycles. The summed E-state index contributed by atoms with van der Waals surface area (Å²) in [5.41, 5.74) is 6.08. The summed E-state index contributed by atoms with van der Waals surface area (Å²) in [5.74, 6) is 1.35. The number of hydrogen-bond acceptors (Lipinski definition) is 1. The molecule has 0 aliphatic rings. The van der Waals surface area contributed by atoms with Crippen LogP contribution in [0.2, 0.25) is 0 Å². The van der Waals surface area contributed by atoms with Crippen LogP contribution in [0.25, 0.3) is 0 Å². The number of aliphatic imine (C=N–C) groups is 1. The zero-order chi connectivity index (χ0) is 12.6. The number of hydrogen-bond donors (Lipinski definition) is 1. The van der Waals surface area contributed by atoms with Crippen LogP contribution in [0.5, 0.6) is 0 Å². The summed E-state index contributed by atoms with van der Waals surface area (Å²) in [4.78, 5) is 6.71. The lowest BCUT2D eigenvalue weighted by molar-refractivity contribution is 0.263. The number of rotatable bonds is 7. The van der Waals surface area contributed by atoms with Gasteiger partial charge in [-0.1, -0.05) is 34.6 Å². The molecule has 0 spiro atoms. The van der Waals surface area contributed by atoms with Crippen molar-refractivity contribution in [3.05, 3.63) is 0 Å². The molecule has 0 rings (SSSR count). The molecular formula is C13H29N3. The second-order valence-corrected chi connectivity index (χ2v) is 4.76. The average Bonchev–Trinajstić information content (AvgIpc) is 2.25. The fraction of sp³-hybridized carbons (Fsp3) is 0.923. The van der Waals surface area contributed by atoms with E-state index in [4.69, 9.17) is 5.73 Å². The van der Waals surface area contributed by atoms with Gasteiger partial charge >= 0.3 is 0 Å². The number of nitrogens with zero attached hydrogens (tertiary/aromatic N) is 2. The molecule has 0 aromatic carbocycles. The fourth-order valence-electron chi connectivity index (χ4n) is 1.87. The van der Waals surface area contributed by atoms with E-state index in [1.54, 1.807) is 0 Å². The molecule has 0 atom stereocenters. The normalized spacial score (nSPS) is 12.6. The Labute approximate surface area is 101 Å². The largest absolute Gasteiger partial charge is 0.370 e. The van der Waals surface area contributed by atoms with Gasteiger partial charge in [0.2, 0.25) is 0 Å². The Balaban J connectivity index is 4.63. The molecule has 0 amide bonds.